The third kappa shape index (κ3) is 2.52. The quantitative estimate of drug-likeness (QED) is 0.627. The van der Waals surface area contributed by atoms with Gasteiger partial charge in [0.2, 0.25) is 0 Å². The molecule has 116 valence electrons. The number of pyridine rings is 1. The van der Waals surface area contributed by atoms with Crippen molar-refractivity contribution in [3.63, 3.8) is 0 Å². The summed E-state index contributed by atoms with van der Waals surface area (Å²) in [5.74, 6) is -0.172. The minimum absolute atomic E-state index is 0.172. The van der Waals surface area contributed by atoms with Crippen LogP contribution in [0.5, 0.6) is 0 Å². The molecule has 2 heterocycles. The van der Waals surface area contributed by atoms with Crippen molar-refractivity contribution in [2.45, 2.75) is 0 Å². The SMILES string of the molecule is O=C(Nc1ccccc1)c1ccccc1-n1cnc2cccnc21. The third-order valence-electron chi connectivity index (χ3n) is 3.75. The molecule has 5 heteroatoms. The first-order valence-electron chi connectivity index (χ1n) is 7.57. The van der Waals surface area contributed by atoms with Crippen LogP contribution in [0.15, 0.2) is 79.3 Å². The molecule has 2 aromatic heterocycles. The predicted octanol–water partition coefficient (Wildman–Crippen LogP) is 3.67. The number of anilines is 1. The first kappa shape index (κ1) is 14.1. The Labute approximate surface area is 138 Å². The minimum atomic E-state index is -0.172. The highest BCUT2D eigenvalue weighted by molar-refractivity contribution is 6.07. The van der Waals surface area contributed by atoms with Crippen LogP contribution in [0.25, 0.3) is 16.9 Å². The molecule has 4 aromatic rings. The summed E-state index contributed by atoms with van der Waals surface area (Å²) in [5.41, 5.74) is 3.57. The largest absolute Gasteiger partial charge is 0.322 e. The fourth-order valence-electron chi connectivity index (χ4n) is 2.62. The number of carbonyl (C=O) groups is 1. The molecule has 0 aliphatic heterocycles. The molecule has 1 amide bonds. The van der Waals surface area contributed by atoms with Gasteiger partial charge in [-0.05, 0) is 36.4 Å². The number of nitrogens with zero attached hydrogens (tertiary/aromatic N) is 3. The minimum Gasteiger partial charge on any atom is -0.322 e. The van der Waals surface area contributed by atoms with Crippen molar-refractivity contribution in [1.29, 1.82) is 0 Å². The third-order valence-corrected chi connectivity index (χ3v) is 3.75. The lowest BCUT2D eigenvalue weighted by atomic mass is 10.1. The number of fused-ring (bicyclic) bond motifs is 1. The summed E-state index contributed by atoms with van der Waals surface area (Å²) < 4.78 is 1.83. The van der Waals surface area contributed by atoms with Gasteiger partial charge in [0, 0.05) is 11.9 Å². The van der Waals surface area contributed by atoms with Gasteiger partial charge in [0.1, 0.15) is 11.8 Å². The smallest absolute Gasteiger partial charge is 0.257 e. The first-order chi connectivity index (χ1) is 11.8. The van der Waals surface area contributed by atoms with E-state index < -0.39 is 0 Å². The van der Waals surface area contributed by atoms with Gasteiger partial charge in [0.15, 0.2) is 5.65 Å². The molecule has 24 heavy (non-hydrogen) atoms. The maximum absolute atomic E-state index is 12.7. The van der Waals surface area contributed by atoms with Crippen molar-refractivity contribution in [2.24, 2.45) is 0 Å². The fraction of sp³-hybridized carbons (Fsp3) is 0. The van der Waals surface area contributed by atoms with Crippen LogP contribution >= 0.6 is 0 Å². The summed E-state index contributed by atoms with van der Waals surface area (Å²) in [6.45, 7) is 0. The highest BCUT2D eigenvalue weighted by Crippen LogP contribution is 2.20. The summed E-state index contributed by atoms with van der Waals surface area (Å²) in [7, 11) is 0. The van der Waals surface area contributed by atoms with E-state index in [1.807, 2.05) is 65.2 Å². The van der Waals surface area contributed by atoms with E-state index in [1.165, 1.54) is 0 Å². The van der Waals surface area contributed by atoms with Crippen molar-refractivity contribution in [2.75, 3.05) is 5.32 Å². The van der Waals surface area contributed by atoms with Gasteiger partial charge < -0.3 is 5.32 Å². The van der Waals surface area contributed by atoms with Crippen LogP contribution in [0.4, 0.5) is 5.69 Å². The van der Waals surface area contributed by atoms with Crippen LogP contribution in [0.3, 0.4) is 0 Å². The lowest BCUT2D eigenvalue weighted by molar-refractivity contribution is 0.102. The molecule has 5 nitrogen and oxygen atoms in total. The van der Waals surface area contributed by atoms with Crippen LogP contribution in [0.1, 0.15) is 10.4 Å². The maximum atomic E-state index is 12.7. The Balaban J connectivity index is 1.77. The van der Waals surface area contributed by atoms with Gasteiger partial charge in [-0.15, -0.1) is 0 Å². The van der Waals surface area contributed by atoms with Gasteiger partial charge in [-0.3, -0.25) is 9.36 Å². The molecule has 0 saturated carbocycles. The number of hydrogen-bond donors (Lipinski definition) is 1. The predicted molar refractivity (Wildman–Crippen MR) is 93.3 cm³/mol. The van der Waals surface area contributed by atoms with Gasteiger partial charge in [-0.1, -0.05) is 30.3 Å². The number of hydrogen-bond acceptors (Lipinski definition) is 3. The average Bonchev–Trinajstić information content (AvgIpc) is 3.06. The fourth-order valence-corrected chi connectivity index (χ4v) is 2.62. The number of imidazole rings is 1. The van der Waals surface area contributed by atoms with Crippen LogP contribution in [-0.2, 0) is 0 Å². The molecular weight excluding hydrogens is 300 g/mol. The van der Waals surface area contributed by atoms with Gasteiger partial charge in [-0.2, -0.15) is 0 Å². The second kappa shape index (κ2) is 5.96. The van der Waals surface area contributed by atoms with Crippen molar-refractivity contribution in [1.82, 2.24) is 14.5 Å². The second-order valence-electron chi connectivity index (χ2n) is 5.30. The zero-order chi connectivity index (χ0) is 16.4. The van der Waals surface area contributed by atoms with Crippen molar-refractivity contribution < 1.29 is 4.79 Å². The van der Waals surface area contributed by atoms with E-state index in [-0.39, 0.29) is 5.91 Å². The summed E-state index contributed by atoms with van der Waals surface area (Å²) in [6.07, 6.45) is 3.40. The normalized spacial score (nSPS) is 10.7. The van der Waals surface area contributed by atoms with Gasteiger partial charge in [-0.25, -0.2) is 9.97 Å². The Morgan fingerprint density at radius 3 is 2.54 bits per heavy atom. The standard InChI is InChI=1S/C19H14N4O/c24-19(22-14-7-2-1-3-8-14)15-9-4-5-11-17(15)23-13-21-16-10-6-12-20-18(16)23/h1-13H,(H,22,24). The molecule has 0 aliphatic rings. The van der Waals surface area contributed by atoms with E-state index in [1.54, 1.807) is 18.6 Å². The van der Waals surface area contributed by atoms with E-state index in [9.17, 15) is 4.79 Å². The van der Waals surface area contributed by atoms with Crippen molar-refractivity contribution in [3.05, 3.63) is 84.8 Å². The number of nitrogens with one attached hydrogen (secondary N) is 1. The van der Waals surface area contributed by atoms with E-state index in [0.29, 0.717) is 5.56 Å². The van der Waals surface area contributed by atoms with Crippen LogP contribution in [-0.4, -0.2) is 20.4 Å². The second-order valence-corrected chi connectivity index (χ2v) is 5.30. The maximum Gasteiger partial charge on any atom is 0.257 e. The summed E-state index contributed by atoms with van der Waals surface area (Å²) in [6, 6.07) is 20.5. The zero-order valence-corrected chi connectivity index (χ0v) is 12.8. The van der Waals surface area contributed by atoms with E-state index in [2.05, 4.69) is 15.3 Å². The van der Waals surface area contributed by atoms with Gasteiger partial charge in [0.25, 0.3) is 5.91 Å². The first-order valence-corrected chi connectivity index (χ1v) is 7.57. The monoisotopic (exact) mass is 314 g/mol. The molecule has 0 fully saturated rings. The Bertz CT molecular complexity index is 1010. The van der Waals surface area contributed by atoms with Crippen LogP contribution in [0, 0.1) is 0 Å². The number of carbonyl (C=O) groups excluding carboxylic acids is 1. The molecular formula is C19H14N4O. The molecule has 0 radical (unpaired) electrons. The van der Waals surface area contributed by atoms with Gasteiger partial charge in [0.05, 0.1) is 11.3 Å². The molecule has 2 aromatic carbocycles. The highest BCUT2D eigenvalue weighted by atomic mass is 16.1. The van der Waals surface area contributed by atoms with Crippen molar-refractivity contribution >= 4 is 22.8 Å². The number of rotatable bonds is 3. The van der Waals surface area contributed by atoms with Crippen LogP contribution < -0.4 is 5.32 Å². The summed E-state index contributed by atoms with van der Waals surface area (Å²) >= 11 is 0. The van der Waals surface area contributed by atoms with Crippen molar-refractivity contribution in [3.8, 4) is 5.69 Å². The molecule has 0 spiro atoms. The number of aromatic nitrogens is 3. The molecule has 0 bridgehead atoms. The molecule has 0 aliphatic carbocycles. The number of para-hydroxylation sites is 2. The Morgan fingerprint density at radius 1 is 0.875 bits per heavy atom. The highest BCUT2D eigenvalue weighted by Gasteiger charge is 2.14. The summed E-state index contributed by atoms with van der Waals surface area (Å²) in [4.78, 5) is 21.4. The lowest BCUT2D eigenvalue weighted by Gasteiger charge is -2.11. The van der Waals surface area contributed by atoms with E-state index in [0.717, 1.165) is 22.5 Å². The molecule has 0 saturated heterocycles. The number of benzene rings is 2. The molecule has 0 unspecified atom stereocenters. The zero-order valence-electron chi connectivity index (χ0n) is 12.8. The molecule has 1 N–H and O–H groups in total. The van der Waals surface area contributed by atoms with E-state index >= 15 is 0 Å². The average molecular weight is 314 g/mol. The Morgan fingerprint density at radius 2 is 1.67 bits per heavy atom. The summed E-state index contributed by atoms with van der Waals surface area (Å²) in [5, 5.41) is 2.92. The van der Waals surface area contributed by atoms with E-state index in [4.69, 9.17) is 0 Å². The molecule has 0 atom stereocenters. The Hall–Kier alpha value is -3.47. The lowest BCUT2D eigenvalue weighted by Crippen LogP contribution is -2.14. The van der Waals surface area contributed by atoms with Crippen LogP contribution in [0.2, 0.25) is 0 Å². The topological polar surface area (TPSA) is 59.8 Å². The Kier molecular flexibility index (Phi) is 3.51. The van der Waals surface area contributed by atoms with Gasteiger partial charge >= 0.3 is 0 Å². The number of amides is 1. The molecule has 4 rings (SSSR count).